The van der Waals surface area contributed by atoms with Gasteiger partial charge in [0.1, 0.15) is 11.6 Å². The van der Waals surface area contributed by atoms with Crippen molar-refractivity contribution in [1.29, 1.82) is 5.26 Å². The summed E-state index contributed by atoms with van der Waals surface area (Å²) < 4.78 is 11.4. The van der Waals surface area contributed by atoms with E-state index in [0.717, 1.165) is 23.7 Å². The molecule has 3 rings (SSSR count). The fourth-order valence-electron chi connectivity index (χ4n) is 3.12. The maximum Gasteiger partial charge on any atom is 0.262 e. The van der Waals surface area contributed by atoms with Crippen molar-refractivity contribution in [2.24, 2.45) is 5.92 Å². The number of carbonyl (C=O) groups is 1. The van der Waals surface area contributed by atoms with Crippen LogP contribution in [-0.2, 0) is 4.79 Å². The molecule has 2 aliphatic rings. The third-order valence-corrected chi connectivity index (χ3v) is 5.27. The summed E-state index contributed by atoms with van der Waals surface area (Å²) in [6.07, 6.45) is 5.99. The molecule has 0 spiro atoms. The van der Waals surface area contributed by atoms with E-state index in [9.17, 15) is 10.1 Å². The fraction of sp³-hybridized carbons (Fsp3) is 0.444. The summed E-state index contributed by atoms with van der Waals surface area (Å²) in [5, 5.41) is 12.4. The number of nitriles is 1. The van der Waals surface area contributed by atoms with Gasteiger partial charge in [0.25, 0.3) is 5.91 Å². The molecule has 2 atom stereocenters. The highest BCUT2D eigenvalue weighted by Gasteiger charge is 2.24. The van der Waals surface area contributed by atoms with Crippen LogP contribution in [0.15, 0.2) is 22.2 Å². The molecule has 0 bridgehead atoms. The lowest BCUT2D eigenvalue weighted by Gasteiger charge is -2.29. The molecule has 1 amide bonds. The number of hydrogen-bond acceptors (Lipinski definition) is 4. The second kappa shape index (κ2) is 7.27. The topological polar surface area (TPSA) is 71.4 Å². The van der Waals surface area contributed by atoms with Gasteiger partial charge in [-0.1, -0.05) is 35.7 Å². The molecule has 0 unspecified atom stereocenters. The molecule has 1 aliphatic carbocycles. The van der Waals surface area contributed by atoms with Crippen molar-refractivity contribution >= 4 is 27.9 Å². The highest BCUT2D eigenvalue weighted by Crippen LogP contribution is 2.37. The van der Waals surface area contributed by atoms with E-state index in [-0.39, 0.29) is 24.3 Å². The number of hydrogen-bond donors (Lipinski definition) is 1. The van der Waals surface area contributed by atoms with Crippen molar-refractivity contribution in [1.82, 2.24) is 5.32 Å². The number of rotatable bonds is 3. The Balaban J connectivity index is 1.79. The van der Waals surface area contributed by atoms with Gasteiger partial charge in [0.15, 0.2) is 11.5 Å². The van der Waals surface area contributed by atoms with Gasteiger partial charge in [-0.15, -0.1) is 0 Å². The molecular weight excluding hydrogens is 372 g/mol. The third kappa shape index (κ3) is 3.57. The lowest BCUT2D eigenvalue weighted by Crippen LogP contribution is -2.41. The smallest absolute Gasteiger partial charge is 0.262 e. The van der Waals surface area contributed by atoms with Crippen molar-refractivity contribution in [3.63, 3.8) is 0 Å². The molecule has 1 saturated carbocycles. The van der Waals surface area contributed by atoms with E-state index in [4.69, 9.17) is 9.47 Å². The molecule has 126 valence electrons. The van der Waals surface area contributed by atoms with Crippen molar-refractivity contribution in [3.05, 3.63) is 27.7 Å². The monoisotopic (exact) mass is 390 g/mol. The van der Waals surface area contributed by atoms with Crippen molar-refractivity contribution in [2.45, 2.75) is 38.6 Å². The molecule has 1 N–H and O–H groups in total. The van der Waals surface area contributed by atoms with Gasteiger partial charge in [0, 0.05) is 10.5 Å². The summed E-state index contributed by atoms with van der Waals surface area (Å²) in [6.45, 7) is 2.33. The lowest BCUT2D eigenvalue weighted by molar-refractivity contribution is -0.118. The Morgan fingerprint density at radius 1 is 1.33 bits per heavy atom. The molecule has 1 aromatic carbocycles. The van der Waals surface area contributed by atoms with Crippen LogP contribution in [0.25, 0.3) is 6.08 Å². The first-order chi connectivity index (χ1) is 11.6. The SMILES string of the molecule is C[C@@H]1CCCC[C@@H]1NC(=O)/C(C#N)=C/c1cc2c(cc1Br)OCO2. The summed E-state index contributed by atoms with van der Waals surface area (Å²) in [5.74, 6) is 1.39. The normalized spacial score (nSPS) is 22.8. The van der Waals surface area contributed by atoms with Crippen molar-refractivity contribution < 1.29 is 14.3 Å². The van der Waals surface area contributed by atoms with Gasteiger partial charge in [-0.05, 0) is 42.5 Å². The number of ether oxygens (including phenoxy) is 2. The number of halogens is 1. The minimum absolute atomic E-state index is 0.0901. The van der Waals surface area contributed by atoms with Crippen LogP contribution in [0.5, 0.6) is 11.5 Å². The van der Waals surface area contributed by atoms with Crippen LogP contribution in [0.2, 0.25) is 0 Å². The highest BCUT2D eigenvalue weighted by atomic mass is 79.9. The van der Waals surface area contributed by atoms with Gasteiger partial charge < -0.3 is 14.8 Å². The van der Waals surface area contributed by atoms with Crippen molar-refractivity contribution in [3.8, 4) is 17.6 Å². The van der Waals surface area contributed by atoms with Gasteiger partial charge in [-0.3, -0.25) is 4.79 Å². The van der Waals surface area contributed by atoms with Crippen LogP contribution in [0, 0.1) is 17.2 Å². The molecule has 0 saturated heterocycles. The van der Waals surface area contributed by atoms with E-state index >= 15 is 0 Å². The average molecular weight is 391 g/mol. The van der Waals surface area contributed by atoms with Gasteiger partial charge in [-0.25, -0.2) is 0 Å². The third-order valence-electron chi connectivity index (χ3n) is 4.58. The van der Waals surface area contributed by atoms with Gasteiger partial charge in [0.05, 0.1) is 0 Å². The molecule has 1 aromatic rings. The van der Waals surface area contributed by atoms with Crippen LogP contribution in [0.4, 0.5) is 0 Å². The minimum atomic E-state index is -0.319. The number of benzene rings is 1. The number of carbonyl (C=O) groups excluding carboxylic acids is 1. The molecule has 6 heteroatoms. The second-order valence-corrected chi connectivity index (χ2v) is 7.09. The second-order valence-electron chi connectivity index (χ2n) is 6.24. The molecular formula is C18H19BrN2O3. The van der Waals surface area contributed by atoms with E-state index in [1.165, 1.54) is 6.42 Å². The quantitative estimate of drug-likeness (QED) is 0.629. The first kappa shape index (κ1) is 16.8. The Labute approximate surface area is 149 Å². The summed E-state index contributed by atoms with van der Waals surface area (Å²) in [7, 11) is 0. The minimum Gasteiger partial charge on any atom is -0.454 e. The van der Waals surface area contributed by atoms with E-state index in [1.807, 2.05) is 6.07 Å². The Morgan fingerprint density at radius 3 is 2.75 bits per heavy atom. The average Bonchev–Trinajstić information content (AvgIpc) is 3.01. The van der Waals surface area contributed by atoms with Crippen LogP contribution in [0.3, 0.4) is 0 Å². The number of fused-ring (bicyclic) bond motifs is 1. The van der Waals surface area contributed by atoms with Crippen LogP contribution in [0.1, 0.15) is 38.2 Å². The highest BCUT2D eigenvalue weighted by molar-refractivity contribution is 9.10. The predicted octanol–water partition coefficient (Wildman–Crippen LogP) is 3.78. The standard InChI is InChI=1S/C18H19BrN2O3/c1-11-4-2-3-5-15(11)21-18(22)13(9-20)6-12-7-16-17(8-14(12)19)24-10-23-16/h6-8,11,15H,2-5,10H2,1H3,(H,21,22)/b13-6+/t11-,15+/m1/s1. The van der Waals surface area contributed by atoms with Crippen LogP contribution >= 0.6 is 15.9 Å². The Bertz CT molecular complexity index is 724. The Hall–Kier alpha value is -2.00. The Morgan fingerprint density at radius 2 is 2.04 bits per heavy atom. The van der Waals surface area contributed by atoms with Crippen LogP contribution in [-0.4, -0.2) is 18.7 Å². The molecule has 1 aliphatic heterocycles. The van der Waals surface area contributed by atoms with Crippen LogP contribution < -0.4 is 14.8 Å². The summed E-state index contributed by atoms with van der Waals surface area (Å²) >= 11 is 3.44. The number of nitrogens with zero attached hydrogens (tertiary/aromatic N) is 1. The molecule has 1 fully saturated rings. The van der Waals surface area contributed by atoms with Gasteiger partial charge in [-0.2, -0.15) is 5.26 Å². The molecule has 5 nitrogen and oxygen atoms in total. The van der Waals surface area contributed by atoms with E-state index < -0.39 is 0 Å². The molecule has 0 aromatic heterocycles. The molecule has 0 radical (unpaired) electrons. The Kier molecular flexibility index (Phi) is 5.10. The zero-order valence-corrected chi connectivity index (χ0v) is 15.1. The maximum absolute atomic E-state index is 12.5. The zero-order valence-electron chi connectivity index (χ0n) is 13.5. The first-order valence-electron chi connectivity index (χ1n) is 8.10. The van der Waals surface area contributed by atoms with E-state index in [2.05, 4.69) is 28.2 Å². The zero-order chi connectivity index (χ0) is 17.1. The number of amides is 1. The number of nitrogens with one attached hydrogen (secondary N) is 1. The molecule has 24 heavy (non-hydrogen) atoms. The first-order valence-corrected chi connectivity index (χ1v) is 8.89. The summed E-state index contributed by atoms with van der Waals surface area (Å²) in [4.78, 5) is 12.5. The summed E-state index contributed by atoms with van der Waals surface area (Å²) in [6, 6.07) is 5.69. The van der Waals surface area contributed by atoms with E-state index in [1.54, 1.807) is 18.2 Å². The van der Waals surface area contributed by atoms with E-state index in [0.29, 0.717) is 23.0 Å². The largest absolute Gasteiger partial charge is 0.454 e. The lowest BCUT2D eigenvalue weighted by atomic mass is 9.86. The predicted molar refractivity (Wildman–Crippen MR) is 93.4 cm³/mol. The molecule has 1 heterocycles. The van der Waals surface area contributed by atoms with Crippen molar-refractivity contribution in [2.75, 3.05) is 6.79 Å². The van der Waals surface area contributed by atoms with Gasteiger partial charge >= 0.3 is 0 Å². The maximum atomic E-state index is 12.5. The fourth-order valence-corrected chi connectivity index (χ4v) is 3.56. The summed E-state index contributed by atoms with van der Waals surface area (Å²) in [5.41, 5.74) is 0.801. The van der Waals surface area contributed by atoms with Gasteiger partial charge in [0.2, 0.25) is 6.79 Å².